The molecular formula is C20H28N4OS. The van der Waals surface area contributed by atoms with Gasteiger partial charge in [-0.3, -0.25) is 9.69 Å². The number of hydrogen-bond acceptors (Lipinski definition) is 5. The molecule has 1 aliphatic rings. The highest BCUT2D eigenvalue weighted by molar-refractivity contribution is 7.11. The van der Waals surface area contributed by atoms with Crippen molar-refractivity contribution in [3.8, 4) is 0 Å². The minimum absolute atomic E-state index is 0.0662. The summed E-state index contributed by atoms with van der Waals surface area (Å²) in [5, 5.41) is 13.6. The topological polar surface area (TPSA) is 58.1 Å². The van der Waals surface area contributed by atoms with Crippen LogP contribution >= 0.6 is 11.3 Å². The Morgan fingerprint density at radius 3 is 2.58 bits per heavy atom. The van der Waals surface area contributed by atoms with Crippen LogP contribution in [0.3, 0.4) is 0 Å². The van der Waals surface area contributed by atoms with Crippen LogP contribution in [0.4, 0.5) is 5.69 Å². The number of benzene rings is 1. The number of rotatable bonds is 7. The van der Waals surface area contributed by atoms with Crippen LogP contribution in [0.1, 0.15) is 54.1 Å². The molecule has 1 aliphatic heterocycles. The summed E-state index contributed by atoms with van der Waals surface area (Å²) in [5.74, 6) is 0.563. The summed E-state index contributed by atoms with van der Waals surface area (Å²) in [6.45, 7) is 6.53. The first-order chi connectivity index (χ1) is 12.6. The fraction of sp³-hybridized carbons (Fsp3) is 0.550. The van der Waals surface area contributed by atoms with Crippen LogP contribution in [0.25, 0.3) is 0 Å². The van der Waals surface area contributed by atoms with E-state index >= 15 is 0 Å². The summed E-state index contributed by atoms with van der Waals surface area (Å²) in [6, 6.07) is 8.24. The first-order valence-electron chi connectivity index (χ1n) is 9.55. The van der Waals surface area contributed by atoms with Gasteiger partial charge in [0.1, 0.15) is 10.0 Å². The fourth-order valence-electron chi connectivity index (χ4n) is 3.35. The summed E-state index contributed by atoms with van der Waals surface area (Å²) in [5.41, 5.74) is 2.22. The molecule has 0 atom stereocenters. The monoisotopic (exact) mass is 372 g/mol. The van der Waals surface area contributed by atoms with Crippen molar-refractivity contribution in [1.82, 2.24) is 15.1 Å². The second kappa shape index (κ2) is 9.24. The molecule has 0 spiro atoms. The number of aromatic nitrogens is 2. The van der Waals surface area contributed by atoms with Crippen LogP contribution in [0.5, 0.6) is 0 Å². The average molecular weight is 373 g/mol. The molecule has 6 heteroatoms. The van der Waals surface area contributed by atoms with E-state index in [1.54, 1.807) is 11.3 Å². The third-order valence-electron chi connectivity index (χ3n) is 4.90. The van der Waals surface area contributed by atoms with Crippen LogP contribution in [-0.4, -0.2) is 40.6 Å². The van der Waals surface area contributed by atoms with Crippen molar-refractivity contribution in [1.29, 1.82) is 0 Å². The Hall–Kier alpha value is -1.79. The molecule has 0 radical (unpaired) electrons. The largest absolute Gasteiger partial charge is 0.325 e. The summed E-state index contributed by atoms with van der Waals surface area (Å²) in [6.07, 6.45) is 5.61. The summed E-state index contributed by atoms with van der Waals surface area (Å²) in [4.78, 5) is 14.6. The highest BCUT2D eigenvalue weighted by Gasteiger charge is 2.24. The van der Waals surface area contributed by atoms with Gasteiger partial charge in [0.15, 0.2) is 0 Å². The minimum Gasteiger partial charge on any atom is -0.325 e. The highest BCUT2D eigenvalue weighted by Crippen LogP contribution is 2.29. The molecule has 1 amide bonds. The molecule has 3 rings (SSSR count). The van der Waals surface area contributed by atoms with E-state index in [9.17, 15) is 4.79 Å². The lowest BCUT2D eigenvalue weighted by atomic mass is 9.98. The molecule has 0 bridgehead atoms. The molecule has 1 aromatic heterocycles. The Bertz CT molecular complexity index is 705. The van der Waals surface area contributed by atoms with Gasteiger partial charge in [0.05, 0.1) is 6.54 Å². The standard InChI is InChI=1S/C20H28N4OS/c1-3-4-5-16-6-8-18(9-7-16)21-19(25)14-24-12-10-17(11-13-24)20-23-22-15(2)26-20/h6-9,17H,3-5,10-14H2,1-2H3,(H,21,25). The molecule has 1 fully saturated rings. The van der Waals surface area contributed by atoms with Crippen LogP contribution < -0.4 is 5.32 Å². The first-order valence-corrected chi connectivity index (χ1v) is 10.4. The lowest BCUT2D eigenvalue weighted by Gasteiger charge is -2.30. The number of aryl methyl sites for hydroxylation is 2. The van der Waals surface area contributed by atoms with E-state index in [0.717, 1.165) is 48.1 Å². The molecule has 140 valence electrons. The van der Waals surface area contributed by atoms with Crippen molar-refractivity contribution in [2.24, 2.45) is 0 Å². The molecular weight excluding hydrogens is 344 g/mol. The molecule has 1 saturated heterocycles. The smallest absolute Gasteiger partial charge is 0.238 e. The number of amides is 1. The third kappa shape index (κ3) is 5.35. The molecule has 0 aliphatic carbocycles. The molecule has 0 unspecified atom stereocenters. The predicted molar refractivity (Wildman–Crippen MR) is 107 cm³/mol. The fourth-order valence-corrected chi connectivity index (χ4v) is 4.22. The molecule has 1 N–H and O–H groups in total. The average Bonchev–Trinajstić information content (AvgIpc) is 3.08. The van der Waals surface area contributed by atoms with Gasteiger partial charge in [-0.15, -0.1) is 21.5 Å². The van der Waals surface area contributed by atoms with Crippen molar-refractivity contribution < 1.29 is 4.79 Å². The van der Waals surface area contributed by atoms with Gasteiger partial charge < -0.3 is 5.32 Å². The van der Waals surface area contributed by atoms with E-state index in [4.69, 9.17) is 0 Å². The van der Waals surface area contributed by atoms with Gasteiger partial charge in [-0.1, -0.05) is 25.5 Å². The van der Waals surface area contributed by atoms with E-state index in [1.165, 1.54) is 18.4 Å². The molecule has 2 aromatic rings. The molecule has 26 heavy (non-hydrogen) atoms. The Morgan fingerprint density at radius 2 is 1.96 bits per heavy atom. The van der Waals surface area contributed by atoms with E-state index in [2.05, 4.69) is 39.5 Å². The van der Waals surface area contributed by atoms with Crippen molar-refractivity contribution in [2.45, 2.75) is 51.9 Å². The van der Waals surface area contributed by atoms with Crippen molar-refractivity contribution in [2.75, 3.05) is 25.0 Å². The number of nitrogens with one attached hydrogen (secondary N) is 1. The quantitative estimate of drug-likeness (QED) is 0.798. The van der Waals surface area contributed by atoms with Gasteiger partial charge in [0.25, 0.3) is 0 Å². The number of anilines is 1. The Morgan fingerprint density at radius 1 is 1.23 bits per heavy atom. The Balaban J connectivity index is 1.42. The summed E-state index contributed by atoms with van der Waals surface area (Å²) >= 11 is 1.70. The van der Waals surface area contributed by atoms with Gasteiger partial charge in [-0.2, -0.15) is 0 Å². The SMILES string of the molecule is CCCCc1ccc(NC(=O)CN2CCC(c3nnc(C)s3)CC2)cc1. The molecule has 2 heterocycles. The van der Waals surface area contributed by atoms with Crippen LogP contribution in [0.2, 0.25) is 0 Å². The van der Waals surface area contributed by atoms with E-state index in [0.29, 0.717) is 12.5 Å². The maximum atomic E-state index is 12.3. The zero-order chi connectivity index (χ0) is 18.4. The summed E-state index contributed by atoms with van der Waals surface area (Å²) in [7, 11) is 0. The second-order valence-corrected chi connectivity index (χ2v) is 8.27. The lowest BCUT2D eigenvalue weighted by Crippen LogP contribution is -2.38. The van der Waals surface area contributed by atoms with Gasteiger partial charge in [0.2, 0.25) is 5.91 Å². The number of unbranched alkanes of at least 4 members (excludes halogenated alkanes) is 1. The van der Waals surface area contributed by atoms with Gasteiger partial charge >= 0.3 is 0 Å². The maximum Gasteiger partial charge on any atom is 0.238 e. The highest BCUT2D eigenvalue weighted by atomic mass is 32.1. The van der Waals surface area contributed by atoms with Crippen molar-refractivity contribution in [3.05, 3.63) is 39.8 Å². The number of carbonyl (C=O) groups excluding carboxylic acids is 1. The molecule has 1 aromatic carbocycles. The minimum atomic E-state index is 0.0662. The Kier molecular flexibility index (Phi) is 6.74. The number of piperidine rings is 1. The van der Waals surface area contributed by atoms with Crippen molar-refractivity contribution in [3.63, 3.8) is 0 Å². The maximum absolute atomic E-state index is 12.3. The zero-order valence-corrected chi connectivity index (χ0v) is 16.5. The Labute approximate surface area is 159 Å². The number of nitrogens with zero attached hydrogens (tertiary/aromatic N) is 3. The third-order valence-corrected chi connectivity index (χ3v) is 5.90. The van der Waals surface area contributed by atoms with Gasteiger partial charge in [-0.05, 0) is 63.4 Å². The van der Waals surface area contributed by atoms with Crippen molar-refractivity contribution >= 4 is 22.9 Å². The first kappa shape index (κ1) is 19.0. The van der Waals surface area contributed by atoms with Gasteiger partial charge in [0, 0.05) is 11.6 Å². The number of carbonyl (C=O) groups is 1. The second-order valence-electron chi connectivity index (χ2n) is 7.06. The normalized spacial score (nSPS) is 15.9. The van der Waals surface area contributed by atoms with E-state index < -0.39 is 0 Å². The molecule has 5 nitrogen and oxygen atoms in total. The van der Waals surface area contributed by atoms with Crippen LogP contribution in [-0.2, 0) is 11.2 Å². The predicted octanol–water partition coefficient (Wildman–Crippen LogP) is 4.01. The molecule has 0 saturated carbocycles. The van der Waals surface area contributed by atoms with Gasteiger partial charge in [-0.25, -0.2) is 0 Å². The lowest BCUT2D eigenvalue weighted by molar-refractivity contribution is -0.117. The zero-order valence-electron chi connectivity index (χ0n) is 15.7. The van der Waals surface area contributed by atoms with E-state index in [1.807, 2.05) is 19.1 Å². The summed E-state index contributed by atoms with van der Waals surface area (Å²) < 4.78 is 0. The van der Waals surface area contributed by atoms with E-state index in [-0.39, 0.29) is 5.91 Å². The van der Waals surface area contributed by atoms with Crippen LogP contribution in [0.15, 0.2) is 24.3 Å². The number of hydrogen-bond donors (Lipinski definition) is 1. The number of likely N-dealkylation sites (tertiary alicyclic amines) is 1. The van der Waals surface area contributed by atoms with Crippen LogP contribution in [0, 0.1) is 6.92 Å².